The summed E-state index contributed by atoms with van der Waals surface area (Å²) in [6.45, 7) is 8.21. The third-order valence-corrected chi connectivity index (χ3v) is 5.90. The van der Waals surface area contributed by atoms with Crippen LogP contribution >= 0.6 is 22.9 Å². The van der Waals surface area contributed by atoms with Crippen molar-refractivity contribution < 1.29 is 4.79 Å². The Kier molecular flexibility index (Phi) is 5.30. The van der Waals surface area contributed by atoms with Gasteiger partial charge < -0.3 is 10.2 Å². The largest absolute Gasteiger partial charge is 0.372 e. The Balaban J connectivity index is 1.81. The number of nitrogens with one attached hydrogen (secondary N) is 1. The van der Waals surface area contributed by atoms with Gasteiger partial charge in [-0.25, -0.2) is 0 Å². The second kappa shape index (κ2) is 7.46. The van der Waals surface area contributed by atoms with Crippen molar-refractivity contribution in [3.63, 3.8) is 0 Å². The summed E-state index contributed by atoms with van der Waals surface area (Å²) in [6, 6.07) is 13.9. The van der Waals surface area contributed by atoms with Crippen molar-refractivity contribution in [2.75, 3.05) is 23.3 Å². The minimum Gasteiger partial charge on any atom is -0.372 e. The Labute approximate surface area is 157 Å². The third kappa shape index (κ3) is 3.65. The van der Waals surface area contributed by atoms with Crippen LogP contribution in [0.2, 0.25) is 5.02 Å². The standard InChI is InChI=1S/C20H21ClN2OS/c1-4-23(5-2)15-9-7-14(8-10-15)22-20(24)19-18(21)16-11-6-13(3)12-17(16)25-19/h6-12H,4-5H2,1-3H3,(H,22,24). The van der Waals surface area contributed by atoms with E-state index in [1.807, 2.05) is 43.3 Å². The Bertz CT molecular complexity index is 898. The summed E-state index contributed by atoms with van der Waals surface area (Å²) in [5.74, 6) is -0.167. The molecular weight excluding hydrogens is 352 g/mol. The number of nitrogens with zero attached hydrogens (tertiary/aromatic N) is 1. The van der Waals surface area contributed by atoms with E-state index in [4.69, 9.17) is 11.6 Å². The fourth-order valence-corrected chi connectivity index (χ4v) is 4.36. The van der Waals surface area contributed by atoms with Crippen LogP contribution in [0.15, 0.2) is 42.5 Å². The third-order valence-electron chi connectivity index (χ3n) is 4.24. The van der Waals surface area contributed by atoms with Crippen molar-refractivity contribution in [3.05, 3.63) is 57.9 Å². The van der Waals surface area contributed by atoms with E-state index >= 15 is 0 Å². The first-order chi connectivity index (χ1) is 12.0. The van der Waals surface area contributed by atoms with Gasteiger partial charge >= 0.3 is 0 Å². The molecule has 0 spiro atoms. The molecule has 1 aromatic heterocycles. The summed E-state index contributed by atoms with van der Waals surface area (Å²) >= 11 is 7.85. The Hall–Kier alpha value is -2.04. The highest BCUT2D eigenvalue weighted by Crippen LogP contribution is 2.36. The van der Waals surface area contributed by atoms with Gasteiger partial charge in [0.25, 0.3) is 5.91 Å². The van der Waals surface area contributed by atoms with Crippen LogP contribution in [-0.4, -0.2) is 19.0 Å². The number of hydrogen-bond acceptors (Lipinski definition) is 3. The van der Waals surface area contributed by atoms with E-state index in [-0.39, 0.29) is 5.91 Å². The van der Waals surface area contributed by atoms with Crippen LogP contribution in [0.4, 0.5) is 11.4 Å². The van der Waals surface area contributed by atoms with Crippen LogP contribution in [0.3, 0.4) is 0 Å². The van der Waals surface area contributed by atoms with E-state index in [0.29, 0.717) is 9.90 Å². The fraction of sp³-hybridized carbons (Fsp3) is 0.250. The summed E-state index contributed by atoms with van der Waals surface area (Å²) in [5.41, 5.74) is 3.08. The molecule has 0 aliphatic carbocycles. The Morgan fingerprint density at radius 3 is 2.44 bits per heavy atom. The van der Waals surface area contributed by atoms with Crippen molar-refractivity contribution in [1.29, 1.82) is 0 Å². The number of hydrogen-bond donors (Lipinski definition) is 1. The minimum absolute atomic E-state index is 0.167. The van der Waals surface area contributed by atoms with E-state index in [0.717, 1.165) is 40.1 Å². The summed E-state index contributed by atoms with van der Waals surface area (Å²) in [5, 5.41) is 4.40. The molecule has 3 rings (SSSR count). The first-order valence-corrected chi connectivity index (χ1v) is 9.58. The van der Waals surface area contributed by atoms with Gasteiger partial charge in [-0.1, -0.05) is 23.7 Å². The molecule has 0 bridgehead atoms. The molecule has 5 heteroatoms. The molecule has 3 aromatic rings. The lowest BCUT2D eigenvalue weighted by Gasteiger charge is -2.21. The Morgan fingerprint density at radius 2 is 1.80 bits per heavy atom. The van der Waals surface area contributed by atoms with Gasteiger partial charge in [-0.3, -0.25) is 4.79 Å². The van der Waals surface area contributed by atoms with Gasteiger partial charge in [-0.2, -0.15) is 0 Å². The van der Waals surface area contributed by atoms with E-state index in [1.165, 1.54) is 11.3 Å². The summed E-state index contributed by atoms with van der Waals surface area (Å²) in [7, 11) is 0. The van der Waals surface area contributed by atoms with Gasteiger partial charge in [0, 0.05) is 34.6 Å². The van der Waals surface area contributed by atoms with Crippen molar-refractivity contribution in [2.24, 2.45) is 0 Å². The molecular formula is C20H21ClN2OS. The lowest BCUT2D eigenvalue weighted by molar-refractivity contribution is 0.103. The number of carbonyl (C=O) groups excluding carboxylic acids is 1. The van der Waals surface area contributed by atoms with E-state index < -0.39 is 0 Å². The van der Waals surface area contributed by atoms with Gasteiger partial charge in [-0.15, -0.1) is 11.3 Å². The van der Waals surface area contributed by atoms with E-state index in [1.54, 1.807) is 0 Å². The molecule has 0 saturated heterocycles. The molecule has 1 heterocycles. The highest BCUT2D eigenvalue weighted by atomic mass is 35.5. The average molecular weight is 373 g/mol. The van der Waals surface area contributed by atoms with Gasteiger partial charge in [0.1, 0.15) is 4.88 Å². The zero-order valence-corrected chi connectivity index (χ0v) is 16.2. The average Bonchev–Trinajstić information content (AvgIpc) is 2.93. The fourth-order valence-electron chi connectivity index (χ4n) is 2.85. The number of rotatable bonds is 5. The number of anilines is 2. The molecule has 25 heavy (non-hydrogen) atoms. The molecule has 0 fully saturated rings. The first kappa shape index (κ1) is 17.8. The van der Waals surface area contributed by atoms with Gasteiger partial charge in [0.05, 0.1) is 5.02 Å². The molecule has 0 aliphatic heterocycles. The number of halogens is 1. The number of fused-ring (bicyclic) bond motifs is 1. The number of carbonyl (C=O) groups is 1. The minimum atomic E-state index is -0.167. The number of thiophene rings is 1. The second-order valence-electron chi connectivity index (χ2n) is 5.92. The van der Waals surface area contributed by atoms with Gasteiger partial charge in [0.15, 0.2) is 0 Å². The van der Waals surface area contributed by atoms with Gasteiger partial charge in [-0.05, 0) is 56.7 Å². The molecule has 130 valence electrons. The summed E-state index contributed by atoms with van der Waals surface area (Å²) < 4.78 is 1.03. The Morgan fingerprint density at radius 1 is 1.12 bits per heavy atom. The SMILES string of the molecule is CCN(CC)c1ccc(NC(=O)c2sc3cc(C)ccc3c2Cl)cc1. The quantitative estimate of drug-likeness (QED) is 0.599. The predicted molar refractivity (Wildman–Crippen MR) is 110 cm³/mol. The lowest BCUT2D eigenvalue weighted by Crippen LogP contribution is -2.21. The molecule has 0 unspecified atom stereocenters. The molecule has 0 atom stereocenters. The number of amides is 1. The van der Waals surface area contributed by atoms with E-state index in [2.05, 4.69) is 30.1 Å². The maximum atomic E-state index is 12.6. The van der Waals surface area contributed by atoms with Crippen molar-refractivity contribution in [2.45, 2.75) is 20.8 Å². The molecule has 3 nitrogen and oxygen atoms in total. The highest BCUT2D eigenvalue weighted by Gasteiger charge is 2.17. The van der Waals surface area contributed by atoms with Crippen LogP contribution in [0.25, 0.3) is 10.1 Å². The maximum Gasteiger partial charge on any atom is 0.267 e. The summed E-state index contributed by atoms with van der Waals surface area (Å²) in [6.07, 6.45) is 0. The first-order valence-electron chi connectivity index (χ1n) is 8.38. The summed E-state index contributed by atoms with van der Waals surface area (Å²) in [4.78, 5) is 15.4. The zero-order chi connectivity index (χ0) is 18.0. The van der Waals surface area contributed by atoms with Crippen LogP contribution in [0, 0.1) is 6.92 Å². The molecule has 1 amide bonds. The molecule has 2 aromatic carbocycles. The van der Waals surface area contributed by atoms with E-state index in [9.17, 15) is 4.79 Å². The van der Waals surface area contributed by atoms with Crippen molar-refractivity contribution in [1.82, 2.24) is 0 Å². The van der Waals surface area contributed by atoms with Crippen LogP contribution in [-0.2, 0) is 0 Å². The van der Waals surface area contributed by atoms with Crippen LogP contribution in [0.5, 0.6) is 0 Å². The highest BCUT2D eigenvalue weighted by molar-refractivity contribution is 7.21. The molecule has 1 N–H and O–H groups in total. The predicted octanol–water partition coefficient (Wildman–Crippen LogP) is 5.96. The maximum absolute atomic E-state index is 12.6. The van der Waals surface area contributed by atoms with Crippen LogP contribution < -0.4 is 10.2 Å². The molecule has 0 saturated carbocycles. The topological polar surface area (TPSA) is 32.3 Å². The molecule has 0 aliphatic rings. The van der Waals surface area contributed by atoms with Crippen molar-refractivity contribution in [3.8, 4) is 0 Å². The smallest absolute Gasteiger partial charge is 0.267 e. The van der Waals surface area contributed by atoms with Crippen LogP contribution in [0.1, 0.15) is 29.1 Å². The number of aryl methyl sites for hydroxylation is 1. The monoisotopic (exact) mass is 372 g/mol. The second-order valence-corrected chi connectivity index (χ2v) is 7.35. The molecule has 0 radical (unpaired) electrons. The zero-order valence-electron chi connectivity index (χ0n) is 14.6. The van der Waals surface area contributed by atoms with Gasteiger partial charge in [0.2, 0.25) is 0 Å². The normalized spacial score (nSPS) is 10.9. The number of benzene rings is 2. The van der Waals surface area contributed by atoms with Crippen molar-refractivity contribution >= 4 is 50.3 Å². The lowest BCUT2D eigenvalue weighted by atomic mass is 10.2.